The maximum Gasteiger partial charge on any atom is 0.0867 e. The molecule has 1 aliphatic heterocycles. The molecule has 1 aliphatic carbocycles. The molecule has 0 spiro atoms. The first-order chi connectivity index (χ1) is 5.62. The van der Waals surface area contributed by atoms with E-state index in [1.165, 1.54) is 12.8 Å². The molecule has 1 unspecified atom stereocenters. The fourth-order valence-electron chi connectivity index (χ4n) is 2.67. The molecule has 0 aromatic rings. The van der Waals surface area contributed by atoms with Crippen LogP contribution < -0.4 is 0 Å². The Morgan fingerprint density at radius 3 is 2.42 bits per heavy atom. The second-order valence-electron chi connectivity index (χ2n) is 4.49. The number of rotatable bonds is 2. The molecule has 0 N–H and O–H groups in total. The van der Waals surface area contributed by atoms with Crippen LogP contribution in [-0.4, -0.2) is 8.07 Å². The summed E-state index contributed by atoms with van der Waals surface area (Å²) in [5.74, 6) is 0. The quantitative estimate of drug-likeness (QED) is 0.566. The molecule has 1 saturated heterocycles. The number of fused-ring (bicyclic) bond motifs is 1. The summed E-state index contributed by atoms with van der Waals surface area (Å²) in [5, 5.41) is 1.88. The van der Waals surface area contributed by atoms with E-state index in [-0.39, 0.29) is 0 Å². The van der Waals surface area contributed by atoms with Gasteiger partial charge in [0.2, 0.25) is 0 Å². The highest BCUT2D eigenvalue weighted by atomic mass is 28.3. The van der Waals surface area contributed by atoms with Crippen LogP contribution in [0.4, 0.5) is 0 Å². The van der Waals surface area contributed by atoms with Crippen LogP contribution in [0, 0.1) is 0 Å². The average molecular weight is 178 g/mol. The van der Waals surface area contributed by atoms with Crippen LogP contribution in [0.2, 0.25) is 18.6 Å². The third-order valence-corrected chi connectivity index (χ3v) is 7.21. The first-order valence-corrected chi connectivity index (χ1v) is 8.15. The van der Waals surface area contributed by atoms with Gasteiger partial charge >= 0.3 is 0 Å². The average Bonchev–Trinajstić information content (AvgIpc) is 2.50. The summed E-state index contributed by atoms with van der Waals surface area (Å²) in [6, 6.07) is 0. The van der Waals surface area contributed by atoms with E-state index in [1.54, 1.807) is 11.1 Å². The maximum absolute atomic E-state index is 2.56. The van der Waals surface area contributed by atoms with E-state index in [0.717, 1.165) is 5.54 Å². The predicted molar refractivity (Wildman–Crippen MR) is 56.9 cm³/mol. The highest BCUT2D eigenvalue weighted by Crippen LogP contribution is 2.62. The third-order valence-electron chi connectivity index (χ3n) is 3.51. The van der Waals surface area contributed by atoms with E-state index in [2.05, 4.69) is 33.0 Å². The topological polar surface area (TPSA) is 0 Å². The number of hydrogen-bond donors (Lipinski definition) is 0. The van der Waals surface area contributed by atoms with Crippen LogP contribution in [0.5, 0.6) is 0 Å². The second kappa shape index (κ2) is 2.35. The lowest BCUT2D eigenvalue weighted by Gasteiger charge is -2.08. The van der Waals surface area contributed by atoms with Gasteiger partial charge in [-0.3, -0.25) is 0 Å². The van der Waals surface area contributed by atoms with Crippen LogP contribution >= 0.6 is 0 Å². The monoisotopic (exact) mass is 178 g/mol. The molecule has 0 nitrogen and oxygen atoms in total. The van der Waals surface area contributed by atoms with E-state index in [4.69, 9.17) is 0 Å². The molecule has 0 amide bonds. The molecule has 1 atom stereocenters. The minimum absolute atomic E-state index is 0.846. The van der Waals surface area contributed by atoms with Gasteiger partial charge in [-0.25, -0.2) is 0 Å². The first kappa shape index (κ1) is 8.30. The zero-order chi connectivity index (χ0) is 8.93. The Kier molecular flexibility index (Phi) is 1.62. The summed E-state index contributed by atoms with van der Waals surface area (Å²) in [7, 11) is -0.846. The molecule has 0 aromatic heterocycles. The molecule has 12 heavy (non-hydrogen) atoms. The van der Waals surface area contributed by atoms with E-state index in [9.17, 15) is 0 Å². The lowest BCUT2D eigenvalue weighted by molar-refractivity contribution is 1.03. The van der Waals surface area contributed by atoms with Crippen molar-refractivity contribution in [2.45, 2.75) is 45.3 Å². The predicted octanol–water partition coefficient (Wildman–Crippen LogP) is 3.67. The van der Waals surface area contributed by atoms with Gasteiger partial charge in [0.05, 0.1) is 8.07 Å². The summed E-state index contributed by atoms with van der Waals surface area (Å²) >= 11 is 0. The summed E-state index contributed by atoms with van der Waals surface area (Å²) < 4.78 is 0. The summed E-state index contributed by atoms with van der Waals surface area (Å²) in [6.45, 7) is 9.59. The Morgan fingerprint density at radius 2 is 1.92 bits per heavy atom. The van der Waals surface area contributed by atoms with Gasteiger partial charge in [0.25, 0.3) is 0 Å². The van der Waals surface area contributed by atoms with Crippen LogP contribution in [0.1, 0.15) is 26.7 Å². The summed E-state index contributed by atoms with van der Waals surface area (Å²) in [4.78, 5) is 0. The molecule has 2 aliphatic rings. The lowest BCUT2D eigenvalue weighted by atomic mass is 10.1. The fraction of sp³-hybridized carbons (Fsp3) is 0.636. The van der Waals surface area contributed by atoms with Gasteiger partial charge < -0.3 is 0 Å². The lowest BCUT2D eigenvalue weighted by Crippen LogP contribution is -2.06. The molecule has 0 saturated carbocycles. The molecule has 0 bridgehead atoms. The molecule has 1 heterocycles. The van der Waals surface area contributed by atoms with Gasteiger partial charge in [-0.1, -0.05) is 38.2 Å². The normalized spacial score (nSPS) is 30.3. The van der Waals surface area contributed by atoms with Crippen molar-refractivity contribution in [1.82, 2.24) is 0 Å². The van der Waals surface area contributed by atoms with Crippen molar-refractivity contribution < 1.29 is 0 Å². The third kappa shape index (κ3) is 0.832. The molecular formula is C11H18Si. The minimum Gasteiger partial charge on any atom is -0.0766 e. The van der Waals surface area contributed by atoms with Gasteiger partial charge in [-0.2, -0.15) is 0 Å². The number of hydrogen-bond acceptors (Lipinski definition) is 0. The molecule has 1 heteroatoms. The minimum atomic E-state index is -0.846. The van der Waals surface area contributed by atoms with Gasteiger partial charge in [0, 0.05) is 0 Å². The van der Waals surface area contributed by atoms with Crippen LogP contribution in [0.15, 0.2) is 22.4 Å². The Labute approximate surface area is 76.4 Å². The largest absolute Gasteiger partial charge is 0.0867 e. The Morgan fingerprint density at radius 1 is 1.25 bits per heavy atom. The first-order valence-electron chi connectivity index (χ1n) is 5.07. The van der Waals surface area contributed by atoms with Crippen molar-refractivity contribution in [1.29, 1.82) is 0 Å². The van der Waals surface area contributed by atoms with Gasteiger partial charge in [-0.05, 0) is 29.5 Å². The molecule has 0 aromatic carbocycles. The van der Waals surface area contributed by atoms with E-state index >= 15 is 0 Å². The van der Waals surface area contributed by atoms with Crippen molar-refractivity contribution in [3.05, 3.63) is 22.4 Å². The van der Waals surface area contributed by atoms with Crippen LogP contribution in [0.3, 0.4) is 0 Å². The number of allylic oxidation sites excluding steroid dienone is 4. The summed E-state index contributed by atoms with van der Waals surface area (Å²) in [5.41, 5.74) is 4.34. The van der Waals surface area contributed by atoms with Crippen molar-refractivity contribution in [3.8, 4) is 0 Å². The molecule has 2 rings (SSSR count). The fourth-order valence-corrected chi connectivity index (χ4v) is 6.69. The van der Waals surface area contributed by atoms with Gasteiger partial charge in [0.15, 0.2) is 0 Å². The Bertz CT molecular complexity index is 281. The molecule has 66 valence electrons. The van der Waals surface area contributed by atoms with Crippen molar-refractivity contribution in [3.63, 3.8) is 0 Å². The van der Waals surface area contributed by atoms with Crippen LogP contribution in [0.25, 0.3) is 0 Å². The smallest absolute Gasteiger partial charge is 0.0766 e. The van der Waals surface area contributed by atoms with E-state index in [1.807, 2.05) is 5.20 Å². The van der Waals surface area contributed by atoms with Gasteiger partial charge in [-0.15, -0.1) is 0 Å². The molecule has 1 fully saturated rings. The maximum atomic E-state index is 2.56. The molecular weight excluding hydrogens is 160 g/mol. The molecule has 0 radical (unpaired) electrons. The summed E-state index contributed by atoms with van der Waals surface area (Å²) in [6.07, 6.45) is 5.07. The van der Waals surface area contributed by atoms with Crippen molar-refractivity contribution >= 4 is 8.07 Å². The highest BCUT2D eigenvalue weighted by molar-refractivity contribution is 6.99. The van der Waals surface area contributed by atoms with Crippen molar-refractivity contribution in [2.24, 2.45) is 0 Å². The van der Waals surface area contributed by atoms with Crippen molar-refractivity contribution in [2.75, 3.05) is 0 Å². The Hall–Kier alpha value is -0.303. The zero-order valence-corrected chi connectivity index (χ0v) is 9.57. The van der Waals surface area contributed by atoms with E-state index < -0.39 is 8.07 Å². The zero-order valence-electron chi connectivity index (χ0n) is 8.57. The second-order valence-corrected chi connectivity index (χ2v) is 9.09. The SMILES string of the molecule is CCC1=CC2C(=C1CC)[Si]2(C)C. The van der Waals surface area contributed by atoms with Crippen LogP contribution in [-0.2, 0) is 0 Å². The highest BCUT2D eigenvalue weighted by Gasteiger charge is 2.56. The standard InChI is InChI=1S/C11H18Si/c1-5-8-7-10-11(9(8)6-2)12(10,3)4/h7,10H,5-6H2,1-4H3. The Balaban J connectivity index is 2.34. The van der Waals surface area contributed by atoms with E-state index in [0.29, 0.717) is 0 Å². The van der Waals surface area contributed by atoms with Gasteiger partial charge in [0.1, 0.15) is 0 Å².